The molecular formula is C45H31N3OSi. The molecule has 50 heavy (non-hydrogen) atoms. The van der Waals surface area contributed by atoms with Gasteiger partial charge in [0.1, 0.15) is 11.2 Å². The zero-order valence-corrected chi connectivity index (χ0v) is 27.3. The number of furan rings is 1. The summed E-state index contributed by atoms with van der Waals surface area (Å²) in [6.07, 6.45) is 0. The van der Waals surface area contributed by atoms with Crippen LogP contribution in [0.2, 0.25) is 0 Å². The van der Waals surface area contributed by atoms with Gasteiger partial charge in [0.15, 0.2) is 25.5 Å². The van der Waals surface area contributed by atoms with E-state index in [1.165, 1.54) is 6.07 Å². The van der Waals surface area contributed by atoms with Gasteiger partial charge in [-0.2, -0.15) is 0 Å². The van der Waals surface area contributed by atoms with Crippen LogP contribution in [0.5, 0.6) is 0 Å². The van der Waals surface area contributed by atoms with Gasteiger partial charge in [-0.05, 0) is 32.8 Å². The number of para-hydroxylation sites is 1. The Morgan fingerprint density at radius 1 is 0.420 bits per heavy atom. The zero-order chi connectivity index (χ0) is 42.9. The first-order valence-corrected chi connectivity index (χ1v) is 17.9. The minimum Gasteiger partial charge on any atom is -0.456 e. The van der Waals surface area contributed by atoms with Gasteiger partial charge in [0.25, 0.3) is 0 Å². The Morgan fingerprint density at radius 3 is 1.56 bits per heavy atom. The van der Waals surface area contributed by atoms with Crippen molar-refractivity contribution in [3.05, 3.63) is 188 Å². The molecule has 236 valence electrons. The van der Waals surface area contributed by atoms with Gasteiger partial charge in [-0.25, -0.2) is 15.0 Å². The fourth-order valence-electron chi connectivity index (χ4n) is 6.62. The maximum Gasteiger partial charge on any atom is 0.179 e. The van der Waals surface area contributed by atoms with Gasteiger partial charge in [-0.15, -0.1) is 0 Å². The summed E-state index contributed by atoms with van der Waals surface area (Å²) in [7, 11) is -2.95. The van der Waals surface area contributed by atoms with E-state index < -0.39 is 68.5 Å². The second kappa shape index (κ2) is 12.5. The summed E-state index contributed by atoms with van der Waals surface area (Å²) in [6.45, 7) is 0. The summed E-state index contributed by atoms with van der Waals surface area (Å²) < 4.78 is 100. The Labute approximate surface area is 306 Å². The fourth-order valence-corrected chi connectivity index (χ4v) is 11.4. The van der Waals surface area contributed by atoms with Crippen molar-refractivity contribution in [2.45, 2.75) is 0 Å². The van der Waals surface area contributed by atoms with E-state index in [1.54, 1.807) is 0 Å². The quantitative estimate of drug-likeness (QED) is 0.127. The third kappa shape index (κ3) is 5.03. The second-order valence-corrected chi connectivity index (χ2v) is 15.4. The highest BCUT2D eigenvalue weighted by atomic mass is 28.3. The zero-order valence-electron chi connectivity index (χ0n) is 37.3. The molecule has 9 rings (SSSR count). The van der Waals surface area contributed by atoms with Crippen LogP contribution in [0.25, 0.3) is 56.1 Å². The van der Waals surface area contributed by atoms with Crippen LogP contribution < -0.4 is 20.7 Å². The first kappa shape index (κ1) is 20.2. The van der Waals surface area contributed by atoms with E-state index >= 15 is 0 Å². The highest BCUT2D eigenvalue weighted by Gasteiger charge is 2.41. The monoisotopic (exact) mass is 668 g/mol. The van der Waals surface area contributed by atoms with E-state index in [1.807, 2.05) is 78.9 Å². The molecule has 0 bridgehead atoms. The summed E-state index contributed by atoms with van der Waals surface area (Å²) in [5, 5.41) is 4.66. The van der Waals surface area contributed by atoms with Gasteiger partial charge in [0.05, 0.1) is 15.1 Å². The molecule has 9 aromatic rings. The fraction of sp³-hybridized carbons (Fsp3) is 0. The van der Waals surface area contributed by atoms with E-state index in [4.69, 9.17) is 29.5 Å². The van der Waals surface area contributed by atoms with Crippen LogP contribution in [0, 0.1) is 0 Å². The number of rotatable bonds is 7. The van der Waals surface area contributed by atoms with Crippen LogP contribution in [0.4, 0.5) is 0 Å². The van der Waals surface area contributed by atoms with Crippen molar-refractivity contribution >= 4 is 50.8 Å². The van der Waals surface area contributed by atoms with Gasteiger partial charge in [-0.3, -0.25) is 0 Å². The lowest BCUT2D eigenvalue weighted by molar-refractivity contribution is 0.669. The highest BCUT2D eigenvalue weighted by molar-refractivity contribution is 7.19. The lowest BCUT2D eigenvalue weighted by Gasteiger charge is -2.34. The number of hydrogen-bond donors (Lipinski definition) is 0. The van der Waals surface area contributed by atoms with E-state index in [9.17, 15) is 0 Å². The van der Waals surface area contributed by atoms with Crippen LogP contribution in [0.1, 0.15) is 15.1 Å². The third-order valence-electron chi connectivity index (χ3n) is 8.80. The van der Waals surface area contributed by atoms with Gasteiger partial charge >= 0.3 is 0 Å². The number of benzene rings is 7. The third-order valence-corrected chi connectivity index (χ3v) is 13.6. The van der Waals surface area contributed by atoms with Crippen molar-refractivity contribution in [3.8, 4) is 34.2 Å². The average Bonchev–Trinajstić information content (AvgIpc) is 3.66. The van der Waals surface area contributed by atoms with Crippen molar-refractivity contribution < 1.29 is 19.5 Å². The first-order chi connectivity index (χ1) is 29.3. The summed E-state index contributed by atoms with van der Waals surface area (Å²) in [5.74, 6) is -0.528. The molecule has 0 aliphatic carbocycles. The van der Waals surface area contributed by atoms with Crippen molar-refractivity contribution in [1.29, 1.82) is 0 Å². The van der Waals surface area contributed by atoms with Crippen LogP contribution in [-0.2, 0) is 0 Å². The molecule has 0 saturated heterocycles. The van der Waals surface area contributed by atoms with E-state index in [0.29, 0.717) is 5.56 Å². The molecular weight excluding hydrogens is 627 g/mol. The number of nitrogens with zero attached hydrogens (tertiary/aromatic N) is 3. The molecule has 0 atom stereocenters. The van der Waals surface area contributed by atoms with Gasteiger partial charge in [-0.1, -0.05) is 176 Å². The van der Waals surface area contributed by atoms with Crippen LogP contribution in [-0.4, -0.2) is 23.0 Å². The maximum absolute atomic E-state index is 9.16. The lowest BCUT2D eigenvalue weighted by atomic mass is 10.1. The van der Waals surface area contributed by atoms with Crippen LogP contribution in [0.3, 0.4) is 0 Å². The Bertz CT molecular complexity index is 3080. The summed E-state index contributed by atoms with van der Waals surface area (Å²) in [6, 6.07) is 34.4. The molecule has 2 aromatic heterocycles. The van der Waals surface area contributed by atoms with Gasteiger partial charge < -0.3 is 4.42 Å². The van der Waals surface area contributed by atoms with Crippen LogP contribution >= 0.6 is 0 Å². The molecule has 0 aliphatic heterocycles. The molecule has 5 heteroatoms. The van der Waals surface area contributed by atoms with Gasteiger partial charge in [0.2, 0.25) is 0 Å². The molecule has 2 heterocycles. The average molecular weight is 669 g/mol. The number of aromatic nitrogens is 3. The van der Waals surface area contributed by atoms with Crippen LogP contribution in [0.15, 0.2) is 192 Å². The summed E-state index contributed by atoms with van der Waals surface area (Å²) in [5.41, 5.74) is -0.302. The number of hydrogen-bond acceptors (Lipinski definition) is 4. The smallest absolute Gasteiger partial charge is 0.179 e. The molecule has 0 saturated carbocycles. The molecule has 0 N–H and O–H groups in total. The predicted octanol–water partition coefficient (Wildman–Crippen LogP) is 8.15. The second-order valence-electron chi connectivity index (χ2n) is 11.6. The Balaban J connectivity index is 1.34. The largest absolute Gasteiger partial charge is 0.456 e. The minimum atomic E-state index is -2.95. The predicted molar refractivity (Wildman–Crippen MR) is 207 cm³/mol. The Morgan fingerprint density at radius 2 is 0.940 bits per heavy atom. The van der Waals surface area contributed by atoms with Crippen molar-refractivity contribution in [2.24, 2.45) is 0 Å². The molecule has 0 amide bonds. The van der Waals surface area contributed by atoms with Crippen molar-refractivity contribution in [1.82, 2.24) is 15.0 Å². The standard InChI is InChI=1S/C45H31N3OSi/c1-5-16-32(17-6-1)43-46-44(48-45(47-43)39-25-15-27-41-42(39)38-24-13-14-26-40(38)49-41)33-28-30-37(31-29-33)50(34-18-7-2-8-19-34,35-20-9-3-10-21-35)36-22-11-4-12-23-36/h1-31H/i1D,5D,6D,13D,14D,15D,16D,17D,25D,26D,27D. The molecule has 7 aromatic carbocycles. The molecule has 0 unspecified atom stereocenters. The summed E-state index contributed by atoms with van der Waals surface area (Å²) >= 11 is 0. The summed E-state index contributed by atoms with van der Waals surface area (Å²) in [4.78, 5) is 14.1. The van der Waals surface area contributed by atoms with Crippen molar-refractivity contribution in [2.75, 3.05) is 0 Å². The number of fused-ring (bicyclic) bond motifs is 3. The normalized spacial score (nSPS) is 14.7. The Hall–Kier alpha value is -6.43. The molecule has 4 nitrogen and oxygen atoms in total. The molecule has 0 radical (unpaired) electrons. The lowest BCUT2D eigenvalue weighted by Crippen LogP contribution is -2.74. The highest BCUT2D eigenvalue weighted by Crippen LogP contribution is 2.36. The SMILES string of the molecule is [2H]c1cc2c(oc3c([2H])c([2H])c([2H])c(-c4nc(-c5ccc([Si](c6ccccc6)(c6ccccc6)c6ccccc6)cc5)nc(-c5c([2H])c([2H])c([2H])c([2H])c5[2H])n4)c32)c([2H])c1[2H]. The minimum absolute atomic E-state index is 0.0161. The topological polar surface area (TPSA) is 51.8 Å². The van der Waals surface area contributed by atoms with Gasteiger partial charge in [0, 0.05) is 27.5 Å². The van der Waals surface area contributed by atoms with Crippen molar-refractivity contribution in [3.63, 3.8) is 0 Å². The van der Waals surface area contributed by atoms with E-state index in [2.05, 4.69) is 41.4 Å². The molecule has 0 fully saturated rings. The first-order valence-electron chi connectivity index (χ1n) is 21.4. The van der Waals surface area contributed by atoms with E-state index in [-0.39, 0.29) is 56.6 Å². The molecule has 0 aliphatic rings. The molecule has 0 spiro atoms. The Kier molecular flexibility index (Phi) is 5.06. The maximum atomic E-state index is 9.16. The van der Waals surface area contributed by atoms with E-state index in [0.717, 1.165) is 20.7 Å².